The first kappa shape index (κ1) is 27.1. The lowest BCUT2D eigenvalue weighted by Crippen LogP contribution is -2.49. The summed E-state index contributed by atoms with van der Waals surface area (Å²) in [6.07, 6.45) is 1.99. The fourth-order valence-electron chi connectivity index (χ4n) is 4.84. The van der Waals surface area contributed by atoms with Gasteiger partial charge in [-0.25, -0.2) is 12.8 Å². The Morgan fingerprint density at radius 2 is 1.92 bits per heavy atom. The highest BCUT2D eigenvalue weighted by molar-refractivity contribution is 7.89. The second-order valence-electron chi connectivity index (χ2n) is 9.30. The van der Waals surface area contributed by atoms with Crippen LogP contribution in [-0.4, -0.2) is 62.5 Å². The highest BCUT2D eigenvalue weighted by Crippen LogP contribution is 2.34. The summed E-state index contributed by atoms with van der Waals surface area (Å²) in [6, 6.07) is 13.2. The highest BCUT2D eigenvalue weighted by atomic mass is 35.5. The summed E-state index contributed by atoms with van der Waals surface area (Å²) in [5.74, 6) is -0.184. The van der Waals surface area contributed by atoms with Crippen molar-refractivity contribution in [3.63, 3.8) is 0 Å². The molecule has 2 aromatic carbocycles. The smallest absolute Gasteiger partial charge is 0.243 e. The lowest BCUT2D eigenvalue weighted by atomic mass is 10.0. The van der Waals surface area contributed by atoms with Gasteiger partial charge >= 0.3 is 0 Å². The van der Waals surface area contributed by atoms with Crippen molar-refractivity contribution in [3.8, 4) is 5.75 Å². The molecule has 2 aliphatic heterocycles. The highest BCUT2D eigenvalue weighted by Gasteiger charge is 2.36. The Hall–Kier alpha value is -2.50. The summed E-state index contributed by atoms with van der Waals surface area (Å²) >= 11 is 7.60. The number of hydrogen-bond acceptors (Lipinski definition) is 6. The van der Waals surface area contributed by atoms with E-state index < -0.39 is 16.1 Å². The molecule has 3 heterocycles. The van der Waals surface area contributed by atoms with E-state index in [9.17, 15) is 17.6 Å². The molecule has 11 heteroatoms. The quantitative estimate of drug-likeness (QED) is 0.360. The Morgan fingerprint density at radius 1 is 1.16 bits per heavy atom. The van der Waals surface area contributed by atoms with Crippen LogP contribution in [0.5, 0.6) is 5.75 Å². The average molecular weight is 579 g/mol. The van der Waals surface area contributed by atoms with Gasteiger partial charge in [0.1, 0.15) is 18.2 Å². The second kappa shape index (κ2) is 11.7. The van der Waals surface area contributed by atoms with Crippen LogP contribution in [0.15, 0.2) is 64.9 Å². The van der Waals surface area contributed by atoms with Crippen molar-refractivity contribution in [1.82, 2.24) is 9.21 Å². The zero-order valence-electron chi connectivity index (χ0n) is 20.6. The van der Waals surface area contributed by atoms with E-state index in [0.29, 0.717) is 30.3 Å². The van der Waals surface area contributed by atoms with Gasteiger partial charge in [0.2, 0.25) is 15.9 Å². The third kappa shape index (κ3) is 6.05. The number of nitrogens with zero attached hydrogens (tertiary/aromatic N) is 2. The van der Waals surface area contributed by atoms with E-state index in [1.807, 2.05) is 11.4 Å². The van der Waals surface area contributed by atoms with Gasteiger partial charge in [0.15, 0.2) is 0 Å². The first-order valence-corrected chi connectivity index (χ1v) is 15.1. The molecule has 2 atom stereocenters. The molecule has 0 radical (unpaired) electrons. The van der Waals surface area contributed by atoms with Crippen LogP contribution in [0.25, 0.3) is 0 Å². The van der Waals surface area contributed by atoms with Gasteiger partial charge in [-0.3, -0.25) is 4.79 Å². The number of halogens is 2. The maximum Gasteiger partial charge on any atom is 0.243 e. The van der Waals surface area contributed by atoms with Crippen molar-refractivity contribution < 1.29 is 27.1 Å². The van der Waals surface area contributed by atoms with Crippen LogP contribution in [0, 0.1) is 5.82 Å². The monoisotopic (exact) mass is 578 g/mol. The van der Waals surface area contributed by atoms with Gasteiger partial charge < -0.3 is 14.4 Å². The molecule has 38 heavy (non-hydrogen) atoms. The minimum absolute atomic E-state index is 0.0719. The van der Waals surface area contributed by atoms with Crippen LogP contribution in [0.2, 0.25) is 5.02 Å². The summed E-state index contributed by atoms with van der Waals surface area (Å²) in [4.78, 5) is 16.7. The zero-order valence-corrected chi connectivity index (χ0v) is 23.0. The summed E-state index contributed by atoms with van der Waals surface area (Å²) in [5, 5.41) is 2.41. The molecule has 202 valence electrons. The molecule has 7 nitrogen and oxygen atoms in total. The van der Waals surface area contributed by atoms with Gasteiger partial charge in [0, 0.05) is 29.6 Å². The van der Waals surface area contributed by atoms with E-state index in [0.717, 1.165) is 18.4 Å². The first-order valence-electron chi connectivity index (χ1n) is 12.4. The van der Waals surface area contributed by atoms with E-state index in [2.05, 4.69) is 0 Å². The maximum absolute atomic E-state index is 13.8. The van der Waals surface area contributed by atoms with E-state index in [1.165, 1.54) is 45.6 Å². The lowest BCUT2D eigenvalue weighted by Gasteiger charge is -2.37. The third-order valence-electron chi connectivity index (χ3n) is 6.83. The molecular formula is C27H28ClFN2O5S2. The Bertz CT molecular complexity index is 1360. The van der Waals surface area contributed by atoms with Crippen LogP contribution in [-0.2, 0) is 26.0 Å². The van der Waals surface area contributed by atoms with Gasteiger partial charge in [0.05, 0.1) is 23.6 Å². The van der Waals surface area contributed by atoms with Crippen molar-refractivity contribution in [3.05, 3.63) is 81.3 Å². The summed E-state index contributed by atoms with van der Waals surface area (Å²) < 4.78 is 53.5. The summed E-state index contributed by atoms with van der Waals surface area (Å²) in [5.41, 5.74) is 0.989. The SMILES string of the molecule is O=C(CN(C[C@H]1CCCO1)S(=O)(=O)c1ccc(Cl)cc1)N1CCc2sccc2[C@H]1COc1ccc(F)cc1. The predicted molar refractivity (Wildman–Crippen MR) is 144 cm³/mol. The second-order valence-corrected chi connectivity index (χ2v) is 12.7. The number of sulfonamides is 1. The van der Waals surface area contributed by atoms with E-state index in [4.69, 9.17) is 21.1 Å². The summed E-state index contributed by atoms with van der Waals surface area (Å²) in [7, 11) is -3.98. The molecule has 1 saturated heterocycles. The lowest BCUT2D eigenvalue weighted by molar-refractivity contribution is -0.135. The molecule has 5 rings (SSSR count). The van der Waals surface area contributed by atoms with Crippen LogP contribution >= 0.6 is 22.9 Å². The van der Waals surface area contributed by atoms with Crippen molar-refractivity contribution in [2.45, 2.75) is 36.3 Å². The number of rotatable bonds is 9. The van der Waals surface area contributed by atoms with Crippen LogP contribution < -0.4 is 4.74 Å². The number of carbonyl (C=O) groups is 1. The Labute approximate surface area is 230 Å². The van der Waals surface area contributed by atoms with Gasteiger partial charge in [-0.2, -0.15) is 4.31 Å². The molecular weight excluding hydrogens is 551 g/mol. The fourth-order valence-corrected chi connectivity index (χ4v) is 7.32. The van der Waals surface area contributed by atoms with Crippen molar-refractivity contribution in [2.75, 3.05) is 32.8 Å². The van der Waals surface area contributed by atoms with Crippen LogP contribution in [0.1, 0.15) is 29.3 Å². The molecule has 1 aromatic heterocycles. The Kier molecular flexibility index (Phi) is 8.35. The number of thiophene rings is 1. The molecule has 3 aromatic rings. The molecule has 0 spiro atoms. The van der Waals surface area contributed by atoms with E-state index in [-0.39, 0.29) is 42.4 Å². The summed E-state index contributed by atoms with van der Waals surface area (Å²) in [6.45, 7) is 0.945. The third-order valence-corrected chi connectivity index (χ3v) is 9.91. The number of carbonyl (C=O) groups excluding carboxylic acids is 1. The Morgan fingerprint density at radius 3 is 2.63 bits per heavy atom. The maximum atomic E-state index is 13.8. The Balaban J connectivity index is 1.38. The van der Waals surface area contributed by atoms with Crippen molar-refractivity contribution >= 4 is 38.9 Å². The standard InChI is InChI=1S/C27H28ClFN2O5S2/c28-19-3-9-23(10-4-19)38(33,34)30(16-22-2-1-14-35-22)17-27(32)31-13-11-26-24(12-15-37-26)25(31)18-36-21-7-5-20(29)6-8-21/h3-10,12,15,22,25H,1-2,11,13-14,16-18H2/t22-,25-/m1/s1. The molecule has 0 saturated carbocycles. The largest absolute Gasteiger partial charge is 0.491 e. The normalized spacial score (nSPS) is 19.5. The predicted octanol–water partition coefficient (Wildman–Crippen LogP) is 4.92. The molecule has 0 aliphatic carbocycles. The minimum atomic E-state index is -3.98. The molecule has 0 N–H and O–H groups in total. The zero-order chi connectivity index (χ0) is 26.7. The van der Waals surface area contributed by atoms with Gasteiger partial charge in [-0.15, -0.1) is 11.3 Å². The van der Waals surface area contributed by atoms with Crippen molar-refractivity contribution in [2.24, 2.45) is 0 Å². The molecule has 2 aliphatic rings. The molecule has 1 amide bonds. The van der Waals surface area contributed by atoms with Gasteiger partial charge in [-0.1, -0.05) is 11.6 Å². The van der Waals surface area contributed by atoms with E-state index >= 15 is 0 Å². The van der Waals surface area contributed by atoms with E-state index in [1.54, 1.807) is 28.4 Å². The topological polar surface area (TPSA) is 76.2 Å². The minimum Gasteiger partial charge on any atom is -0.491 e. The molecule has 0 unspecified atom stereocenters. The molecule has 0 bridgehead atoms. The number of amides is 1. The van der Waals surface area contributed by atoms with Crippen LogP contribution in [0.3, 0.4) is 0 Å². The number of hydrogen-bond donors (Lipinski definition) is 0. The first-order chi connectivity index (χ1) is 18.3. The average Bonchev–Trinajstić information content (AvgIpc) is 3.60. The number of ether oxygens (including phenoxy) is 2. The van der Waals surface area contributed by atoms with Gasteiger partial charge in [-0.05, 0) is 84.8 Å². The number of fused-ring (bicyclic) bond motifs is 1. The number of benzene rings is 2. The molecule has 1 fully saturated rings. The fraction of sp³-hybridized carbons (Fsp3) is 0.370. The van der Waals surface area contributed by atoms with Crippen molar-refractivity contribution in [1.29, 1.82) is 0 Å². The van der Waals surface area contributed by atoms with Crippen LogP contribution in [0.4, 0.5) is 4.39 Å². The van der Waals surface area contributed by atoms with Gasteiger partial charge in [0.25, 0.3) is 0 Å².